The maximum absolute atomic E-state index is 10.3. The second kappa shape index (κ2) is 7.91. The number of fused-ring (bicyclic) bond motifs is 1. The molecule has 3 aromatic rings. The van der Waals surface area contributed by atoms with Crippen LogP contribution in [0.2, 0.25) is 0 Å². The van der Waals surface area contributed by atoms with Crippen LogP contribution in [0.5, 0.6) is 0 Å². The van der Waals surface area contributed by atoms with E-state index in [-0.39, 0.29) is 0 Å². The Morgan fingerprint density at radius 3 is 2.52 bits per heavy atom. The standard InChI is InChI=1S/C19H24N6O4/c1-24(2)12-5-3-11(4-6-12)7-20-17-14-18(22-9-21-17)25(10-23-14)19-16(28)15(27)13(8-26)29-19/h3-6,9-10,13,15-16,19,26-28H,7-8H2,1-2H3,(H,20,21,22)/t13-,15-,16-,19-/m1/s1. The van der Waals surface area contributed by atoms with E-state index in [1.165, 1.54) is 17.2 Å². The minimum Gasteiger partial charge on any atom is -0.394 e. The quantitative estimate of drug-likeness (QED) is 0.456. The molecule has 0 saturated carbocycles. The van der Waals surface area contributed by atoms with Crippen LogP contribution in [-0.4, -0.2) is 73.9 Å². The summed E-state index contributed by atoms with van der Waals surface area (Å²) < 4.78 is 7.11. The van der Waals surface area contributed by atoms with Crippen molar-refractivity contribution in [2.24, 2.45) is 0 Å². The largest absolute Gasteiger partial charge is 0.394 e. The molecule has 1 aliphatic heterocycles. The SMILES string of the molecule is CN(C)c1ccc(CNc2ncnc3c2ncn3[C@@H]2O[C@H](CO)[C@@H](O)[C@H]2O)cc1. The van der Waals surface area contributed by atoms with Crippen molar-refractivity contribution in [1.29, 1.82) is 0 Å². The lowest BCUT2D eigenvalue weighted by Crippen LogP contribution is -2.33. The van der Waals surface area contributed by atoms with Crippen LogP contribution < -0.4 is 10.2 Å². The van der Waals surface area contributed by atoms with E-state index < -0.39 is 31.1 Å². The zero-order chi connectivity index (χ0) is 20.5. The van der Waals surface area contributed by atoms with Crippen LogP contribution in [0, 0.1) is 0 Å². The first-order chi connectivity index (χ1) is 14.0. The summed E-state index contributed by atoms with van der Waals surface area (Å²) in [6.07, 6.45) is -1.26. The molecule has 1 saturated heterocycles. The van der Waals surface area contributed by atoms with Crippen LogP contribution in [0.1, 0.15) is 11.8 Å². The molecule has 0 amide bonds. The van der Waals surface area contributed by atoms with Crippen LogP contribution in [0.15, 0.2) is 36.9 Å². The molecule has 3 heterocycles. The highest BCUT2D eigenvalue weighted by atomic mass is 16.6. The fourth-order valence-electron chi connectivity index (χ4n) is 3.38. The first-order valence-corrected chi connectivity index (χ1v) is 9.29. The van der Waals surface area contributed by atoms with Gasteiger partial charge in [-0.25, -0.2) is 15.0 Å². The molecular weight excluding hydrogens is 376 g/mol. The minimum atomic E-state index is -1.20. The lowest BCUT2D eigenvalue weighted by molar-refractivity contribution is -0.0511. The Balaban J connectivity index is 1.55. The topological polar surface area (TPSA) is 129 Å². The van der Waals surface area contributed by atoms with Crippen molar-refractivity contribution in [3.8, 4) is 0 Å². The molecule has 4 rings (SSSR count). The number of nitrogens with one attached hydrogen (secondary N) is 1. The van der Waals surface area contributed by atoms with Gasteiger partial charge in [0, 0.05) is 26.3 Å². The number of anilines is 2. The van der Waals surface area contributed by atoms with E-state index in [0.29, 0.717) is 23.5 Å². The van der Waals surface area contributed by atoms with Gasteiger partial charge in [-0.2, -0.15) is 0 Å². The maximum atomic E-state index is 10.3. The summed E-state index contributed by atoms with van der Waals surface area (Å²) in [6.45, 7) is 0.163. The van der Waals surface area contributed by atoms with E-state index in [9.17, 15) is 15.3 Å². The number of aromatic nitrogens is 4. The normalized spacial score (nSPS) is 24.2. The van der Waals surface area contributed by atoms with E-state index in [2.05, 4.69) is 20.3 Å². The molecule has 0 radical (unpaired) electrons. The van der Waals surface area contributed by atoms with E-state index in [1.54, 1.807) is 0 Å². The number of rotatable bonds is 6. The van der Waals surface area contributed by atoms with Gasteiger partial charge in [0.25, 0.3) is 0 Å². The molecule has 1 fully saturated rings. The molecule has 2 aromatic heterocycles. The molecule has 1 aliphatic rings. The average molecular weight is 400 g/mol. The number of imidazole rings is 1. The maximum Gasteiger partial charge on any atom is 0.167 e. The highest BCUT2D eigenvalue weighted by Gasteiger charge is 2.44. The third-order valence-corrected chi connectivity index (χ3v) is 5.06. The van der Waals surface area contributed by atoms with E-state index in [4.69, 9.17) is 4.74 Å². The second-order valence-electron chi connectivity index (χ2n) is 7.19. The molecule has 4 N–H and O–H groups in total. The minimum absolute atomic E-state index is 0.393. The molecule has 4 atom stereocenters. The van der Waals surface area contributed by atoms with Crippen molar-refractivity contribution in [3.05, 3.63) is 42.5 Å². The van der Waals surface area contributed by atoms with Crippen LogP contribution in [0.25, 0.3) is 11.2 Å². The molecule has 0 aliphatic carbocycles. The van der Waals surface area contributed by atoms with E-state index in [0.717, 1.165) is 11.3 Å². The molecule has 0 bridgehead atoms. The van der Waals surface area contributed by atoms with Crippen molar-refractivity contribution in [1.82, 2.24) is 19.5 Å². The molecule has 29 heavy (non-hydrogen) atoms. The Kier molecular flexibility index (Phi) is 5.33. The van der Waals surface area contributed by atoms with Crippen molar-refractivity contribution in [3.63, 3.8) is 0 Å². The van der Waals surface area contributed by atoms with Gasteiger partial charge in [0.2, 0.25) is 0 Å². The van der Waals surface area contributed by atoms with Gasteiger partial charge in [-0.05, 0) is 17.7 Å². The fraction of sp³-hybridized carbons (Fsp3) is 0.421. The highest BCUT2D eigenvalue weighted by molar-refractivity contribution is 5.82. The summed E-state index contributed by atoms with van der Waals surface area (Å²) >= 11 is 0. The summed E-state index contributed by atoms with van der Waals surface area (Å²) in [7, 11) is 3.99. The van der Waals surface area contributed by atoms with Crippen molar-refractivity contribution < 1.29 is 20.1 Å². The Labute approximate surface area is 167 Å². The van der Waals surface area contributed by atoms with Gasteiger partial charge in [0.15, 0.2) is 23.2 Å². The molecule has 0 spiro atoms. The van der Waals surface area contributed by atoms with Crippen molar-refractivity contribution in [2.45, 2.75) is 31.1 Å². The third-order valence-electron chi connectivity index (χ3n) is 5.06. The van der Waals surface area contributed by atoms with Gasteiger partial charge in [-0.1, -0.05) is 12.1 Å². The Bertz CT molecular complexity index is 976. The molecule has 1 aromatic carbocycles. The summed E-state index contributed by atoms with van der Waals surface area (Å²) in [5, 5.41) is 32.8. The summed E-state index contributed by atoms with van der Waals surface area (Å²) in [4.78, 5) is 14.9. The number of ether oxygens (including phenoxy) is 1. The van der Waals surface area contributed by atoms with Gasteiger partial charge >= 0.3 is 0 Å². The predicted octanol–water partition coefficient (Wildman–Crippen LogP) is 0.116. The number of benzene rings is 1. The lowest BCUT2D eigenvalue weighted by atomic mass is 10.1. The number of hydrogen-bond donors (Lipinski definition) is 4. The first-order valence-electron chi connectivity index (χ1n) is 9.29. The predicted molar refractivity (Wildman–Crippen MR) is 106 cm³/mol. The first kappa shape index (κ1) is 19.5. The lowest BCUT2D eigenvalue weighted by Gasteiger charge is -2.16. The summed E-state index contributed by atoms with van der Waals surface area (Å²) in [5.74, 6) is 0.553. The van der Waals surface area contributed by atoms with Crippen LogP contribution >= 0.6 is 0 Å². The fourth-order valence-corrected chi connectivity index (χ4v) is 3.38. The molecule has 10 heteroatoms. The zero-order valence-corrected chi connectivity index (χ0v) is 16.2. The summed E-state index contributed by atoms with van der Waals surface area (Å²) in [5.41, 5.74) is 3.19. The number of aliphatic hydroxyl groups excluding tert-OH is 3. The highest BCUT2D eigenvalue weighted by Crippen LogP contribution is 2.32. The third kappa shape index (κ3) is 3.62. The monoisotopic (exact) mass is 400 g/mol. The van der Waals surface area contributed by atoms with Gasteiger partial charge in [0.05, 0.1) is 12.9 Å². The molecule has 10 nitrogen and oxygen atoms in total. The van der Waals surface area contributed by atoms with Crippen LogP contribution in [0.3, 0.4) is 0 Å². The van der Waals surface area contributed by atoms with Gasteiger partial charge in [-0.15, -0.1) is 0 Å². The second-order valence-corrected chi connectivity index (χ2v) is 7.19. The van der Waals surface area contributed by atoms with Crippen LogP contribution in [0.4, 0.5) is 11.5 Å². The molecule has 154 valence electrons. The van der Waals surface area contributed by atoms with E-state index in [1.807, 2.05) is 43.3 Å². The Hall–Kier alpha value is -2.79. The zero-order valence-electron chi connectivity index (χ0n) is 16.2. The average Bonchev–Trinajstić information content (AvgIpc) is 3.28. The van der Waals surface area contributed by atoms with Gasteiger partial charge in [0.1, 0.15) is 24.6 Å². The number of hydrogen-bond acceptors (Lipinski definition) is 9. The van der Waals surface area contributed by atoms with Crippen molar-refractivity contribution in [2.75, 3.05) is 30.9 Å². The number of nitrogens with zero attached hydrogens (tertiary/aromatic N) is 5. The number of aliphatic hydroxyl groups is 3. The molecule has 0 unspecified atom stereocenters. The van der Waals surface area contributed by atoms with E-state index >= 15 is 0 Å². The van der Waals surface area contributed by atoms with Gasteiger partial charge < -0.3 is 30.3 Å². The Morgan fingerprint density at radius 2 is 1.86 bits per heavy atom. The van der Waals surface area contributed by atoms with Crippen molar-refractivity contribution >= 4 is 22.7 Å². The molecular formula is C19H24N6O4. The Morgan fingerprint density at radius 1 is 1.10 bits per heavy atom. The van der Waals surface area contributed by atoms with Crippen LogP contribution in [-0.2, 0) is 11.3 Å². The summed E-state index contributed by atoms with van der Waals surface area (Å²) in [6, 6.07) is 8.17. The van der Waals surface area contributed by atoms with Gasteiger partial charge in [-0.3, -0.25) is 4.57 Å². The smallest absolute Gasteiger partial charge is 0.167 e.